The van der Waals surface area contributed by atoms with Crippen molar-refractivity contribution in [1.29, 1.82) is 0 Å². The number of alkyl halides is 2. The fourth-order valence-electron chi connectivity index (χ4n) is 2.84. The summed E-state index contributed by atoms with van der Waals surface area (Å²) in [5, 5.41) is 21.2. The molecule has 32 heavy (non-hydrogen) atoms. The molecule has 2 N–H and O–H groups in total. The first-order valence-electron chi connectivity index (χ1n) is 9.26. The number of aromatic amines is 1. The lowest BCUT2D eigenvalue weighted by molar-refractivity contribution is -0.155. The molecule has 0 saturated heterocycles. The summed E-state index contributed by atoms with van der Waals surface area (Å²) in [6, 6.07) is 3.66. The molecule has 0 aliphatic heterocycles. The van der Waals surface area contributed by atoms with Crippen molar-refractivity contribution in [2.24, 2.45) is 4.99 Å². The van der Waals surface area contributed by atoms with E-state index in [9.17, 15) is 13.9 Å². The Bertz CT molecular complexity index is 1190. The molecule has 0 spiro atoms. The number of allylic oxidation sites excluding steroid dienone is 1. The summed E-state index contributed by atoms with van der Waals surface area (Å²) >= 11 is 0. The number of aliphatic imine (C=N–C) groups is 1. The number of tetrazole rings is 1. The number of benzene rings is 1. The lowest BCUT2D eigenvalue weighted by Gasteiger charge is -2.36. The van der Waals surface area contributed by atoms with Crippen LogP contribution >= 0.6 is 0 Å². The summed E-state index contributed by atoms with van der Waals surface area (Å²) in [5.74, 6) is -0.849. The van der Waals surface area contributed by atoms with Gasteiger partial charge in [-0.05, 0) is 42.5 Å². The first kappa shape index (κ1) is 22.9. The predicted molar refractivity (Wildman–Crippen MR) is 108 cm³/mol. The van der Waals surface area contributed by atoms with E-state index < -0.39 is 41.0 Å². The Balaban J connectivity index is 2.00. The van der Waals surface area contributed by atoms with Gasteiger partial charge in [0.1, 0.15) is 18.0 Å². The van der Waals surface area contributed by atoms with Gasteiger partial charge in [-0.1, -0.05) is 11.8 Å². The molecule has 0 saturated carbocycles. The minimum Gasteiger partial charge on any atom is -0.377 e. The van der Waals surface area contributed by atoms with E-state index in [1.165, 1.54) is 0 Å². The number of hydrogen-bond donors (Lipinski definition) is 2. The van der Waals surface area contributed by atoms with Crippen LogP contribution in [-0.4, -0.2) is 41.9 Å². The SMILES string of the molecule is C/C(C#Cc1cc[nH]c1)=C\N=C(/C)C(F)(F)C(O)(Cn1cnnn1)c1ccc(F)cc1F. The molecule has 0 aliphatic rings. The fourth-order valence-corrected chi connectivity index (χ4v) is 2.84. The third-order valence-electron chi connectivity index (χ3n) is 4.59. The maximum absolute atomic E-state index is 15.5. The van der Waals surface area contributed by atoms with Crippen molar-refractivity contribution in [3.63, 3.8) is 0 Å². The zero-order valence-electron chi connectivity index (χ0n) is 17.0. The van der Waals surface area contributed by atoms with Gasteiger partial charge < -0.3 is 10.1 Å². The van der Waals surface area contributed by atoms with Crippen molar-refractivity contribution >= 4 is 5.71 Å². The smallest absolute Gasteiger partial charge is 0.319 e. The summed E-state index contributed by atoms with van der Waals surface area (Å²) in [7, 11) is 0. The number of rotatable bonds is 6. The molecule has 3 rings (SSSR count). The molecule has 0 fully saturated rings. The molecule has 11 heteroatoms. The zero-order valence-corrected chi connectivity index (χ0v) is 17.0. The minimum atomic E-state index is -4.09. The number of nitrogens with zero attached hydrogens (tertiary/aromatic N) is 5. The van der Waals surface area contributed by atoms with Gasteiger partial charge in [-0.25, -0.2) is 13.5 Å². The van der Waals surface area contributed by atoms with Crippen LogP contribution in [0.1, 0.15) is 25.0 Å². The number of nitrogens with one attached hydrogen (secondary N) is 1. The minimum absolute atomic E-state index is 0.373. The van der Waals surface area contributed by atoms with Crippen molar-refractivity contribution in [2.45, 2.75) is 31.9 Å². The van der Waals surface area contributed by atoms with E-state index >= 15 is 8.78 Å². The maximum Gasteiger partial charge on any atom is 0.319 e. The molecule has 0 bridgehead atoms. The lowest BCUT2D eigenvalue weighted by atomic mass is 9.84. The molecule has 2 heterocycles. The van der Waals surface area contributed by atoms with Crippen LogP contribution in [0.15, 0.2) is 59.8 Å². The Morgan fingerprint density at radius 3 is 2.69 bits per heavy atom. The summed E-state index contributed by atoms with van der Waals surface area (Å²) in [4.78, 5) is 6.58. The van der Waals surface area contributed by atoms with Crippen LogP contribution in [0.2, 0.25) is 0 Å². The summed E-state index contributed by atoms with van der Waals surface area (Å²) in [6.45, 7) is 1.63. The highest BCUT2D eigenvalue weighted by atomic mass is 19.3. The fraction of sp³-hybridized carbons (Fsp3) is 0.238. The molecule has 1 atom stereocenters. The van der Waals surface area contributed by atoms with Gasteiger partial charge in [0.2, 0.25) is 0 Å². The molecule has 166 valence electrons. The van der Waals surface area contributed by atoms with Gasteiger partial charge in [0.05, 0.1) is 12.3 Å². The van der Waals surface area contributed by atoms with Gasteiger partial charge in [-0.3, -0.25) is 4.99 Å². The van der Waals surface area contributed by atoms with Crippen molar-refractivity contribution < 1.29 is 22.7 Å². The number of aromatic nitrogens is 5. The second-order valence-corrected chi connectivity index (χ2v) is 6.94. The maximum atomic E-state index is 15.5. The molecule has 1 aromatic carbocycles. The molecule has 0 amide bonds. The molecule has 0 radical (unpaired) electrons. The third kappa shape index (κ3) is 4.76. The first-order chi connectivity index (χ1) is 15.1. The topological polar surface area (TPSA) is 92.0 Å². The highest BCUT2D eigenvalue weighted by molar-refractivity contribution is 5.91. The van der Waals surface area contributed by atoms with Crippen LogP contribution in [0.3, 0.4) is 0 Å². The van der Waals surface area contributed by atoms with Crippen molar-refractivity contribution in [3.8, 4) is 11.8 Å². The van der Waals surface area contributed by atoms with Gasteiger partial charge in [-0.2, -0.15) is 8.78 Å². The van der Waals surface area contributed by atoms with Crippen LogP contribution in [0.5, 0.6) is 0 Å². The van der Waals surface area contributed by atoms with Gasteiger partial charge in [0.25, 0.3) is 0 Å². The quantitative estimate of drug-likeness (QED) is 0.346. The van der Waals surface area contributed by atoms with Gasteiger partial charge in [-0.15, -0.1) is 5.10 Å². The largest absolute Gasteiger partial charge is 0.377 e. The van der Waals surface area contributed by atoms with Crippen molar-refractivity contribution in [2.75, 3.05) is 0 Å². The highest BCUT2D eigenvalue weighted by Crippen LogP contribution is 2.41. The van der Waals surface area contributed by atoms with Gasteiger partial charge >= 0.3 is 5.92 Å². The van der Waals surface area contributed by atoms with Crippen LogP contribution in [0.4, 0.5) is 17.6 Å². The van der Waals surface area contributed by atoms with E-state index in [0.717, 1.165) is 36.3 Å². The molecular weight excluding hydrogens is 428 g/mol. The second kappa shape index (κ2) is 9.15. The van der Waals surface area contributed by atoms with E-state index in [2.05, 4.69) is 37.3 Å². The summed E-state index contributed by atoms with van der Waals surface area (Å²) in [5.41, 5.74) is -3.75. The highest BCUT2D eigenvalue weighted by Gasteiger charge is 2.57. The number of halogens is 4. The van der Waals surface area contributed by atoms with Crippen LogP contribution in [0.25, 0.3) is 0 Å². The van der Waals surface area contributed by atoms with Crippen molar-refractivity contribution in [1.82, 2.24) is 25.2 Å². The average molecular weight is 446 g/mol. The zero-order chi connectivity index (χ0) is 23.4. The Morgan fingerprint density at radius 2 is 2.06 bits per heavy atom. The van der Waals surface area contributed by atoms with Gasteiger partial charge in [0, 0.05) is 41.4 Å². The van der Waals surface area contributed by atoms with Crippen LogP contribution < -0.4 is 0 Å². The number of H-pyrrole nitrogens is 1. The predicted octanol–water partition coefficient (Wildman–Crippen LogP) is 3.22. The van der Waals surface area contributed by atoms with Crippen LogP contribution in [0, 0.1) is 23.5 Å². The monoisotopic (exact) mass is 446 g/mol. The Kier molecular flexibility index (Phi) is 6.55. The standard InChI is InChI=1S/C21H18F4N6O/c1-14(3-4-16-7-8-26-11-16)10-27-15(2)21(24,25)20(32,12-31-13-28-29-30-31)18-6-5-17(22)9-19(18)23/h5-11,13,26,32H,12H2,1-2H3/b14-10+,27-15+. The summed E-state index contributed by atoms with van der Waals surface area (Å²) < 4.78 is 59.6. The number of hydrogen-bond acceptors (Lipinski definition) is 5. The van der Waals surface area contributed by atoms with E-state index in [0.29, 0.717) is 17.2 Å². The normalized spacial score (nSPS) is 14.6. The second-order valence-electron chi connectivity index (χ2n) is 6.94. The molecule has 3 aromatic rings. The van der Waals surface area contributed by atoms with E-state index in [4.69, 9.17) is 0 Å². The van der Waals surface area contributed by atoms with E-state index in [1.54, 1.807) is 25.4 Å². The Morgan fingerprint density at radius 1 is 1.28 bits per heavy atom. The van der Waals surface area contributed by atoms with E-state index in [-0.39, 0.29) is 0 Å². The van der Waals surface area contributed by atoms with Crippen LogP contribution in [-0.2, 0) is 12.1 Å². The van der Waals surface area contributed by atoms with Gasteiger partial charge in [0.15, 0.2) is 5.60 Å². The third-order valence-corrected chi connectivity index (χ3v) is 4.59. The molecule has 2 aromatic heterocycles. The summed E-state index contributed by atoms with van der Waals surface area (Å²) in [6.07, 6.45) is 5.45. The first-order valence-corrected chi connectivity index (χ1v) is 9.26. The van der Waals surface area contributed by atoms with E-state index in [1.807, 2.05) is 0 Å². The molecule has 7 nitrogen and oxygen atoms in total. The Labute approximate surface area is 180 Å². The molecule has 0 aliphatic carbocycles. The Hall–Kier alpha value is -3.78. The molecular formula is C21H18F4N6O. The number of aliphatic hydroxyl groups is 1. The average Bonchev–Trinajstić information content (AvgIpc) is 3.44. The molecule has 1 unspecified atom stereocenters. The lowest BCUT2D eigenvalue weighted by Crippen LogP contribution is -2.53. The van der Waals surface area contributed by atoms with Crippen molar-refractivity contribution in [3.05, 3.63) is 77.5 Å².